The van der Waals surface area contributed by atoms with Crippen LogP contribution in [0.4, 0.5) is 0 Å². The molecule has 0 aliphatic carbocycles. The van der Waals surface area contributed by atoms with Gasteiger partial charge in [0, 0.05) is 6.61 Å². The van der Waals surface area contributed by atoms with Gasteiger partial charge in [0.1, 0.15) is 0 Å². The van der Waals surface area contributed by atoms with Crippen LogP contribution in [0.25, 0.3) is 0 Å². The highest BCUT2D eigenvalue weighted by molar-refractivity contribution is 6.71. The summed E-state index contributed by atoms with van der Waals surface area (Å²) in [6, 6.07) is 11.9. The van der Waals surface area contributed by atoms with Gasteiger partial charge in [-0.1, -0.05) is 50.1 Å². The molecule has 0 N–H and O–H groups in total. The van der Waals surface area contributed by atoms with Crippen LogP contribution >= 0.6 is 0 Å². The quantitative estimate of drug-likeness (QED) is 0.643. The lowest BCUT2D eigenvalue weighted by molar-refractivity contribution is 0.310. The molecular formula is C14H24OSi. The number of hydrogen-bond acceptors (Lipinski definition) is 1. The third-order valence-electron chi connectivity index (χ3n) is 2.86. The normalized spacial score (nSPS) is 11.7. The number of unbranched alkanes of at least 4 members (excludes halogenated alkanes) is 1. The maximum atomic E-state index is 6.07. The minimum Gasteiger partial charge on any atom is -0.417 e. The Hall–Kier alpha value is -0.603. The van der Waals surface area contributed by atoms with Crippen LogP contribution in [0.5, 0.6) is 0 Å². The van der Waals surface area contributed by atoms with Crippen molar-refractivity contribution in [2.75, 3.05) is 6.61 Å². The number of hydrogen-bond donors (Lipinski definition) is 0. The smallest absolute Gasteiger partial charge is 0.186 e. The fourth-order valence-electron chi connectivity index (χ4n) is 1.76. The molecule has 0 saturated heterocycles. The standard InChI is InChI=1S/C14H24OSi/c1-4-5-13-16(2,3)15-12-11-14-9-7-6-8-10-14/h6-10H,4-5,11-13H2,1-3H3. The van der Waals surface area contributed by atoms with E-state index in [-0.39, 0.29) is 0 Å². The molecule has 0 spiro atoms. The molecule has 0 aromatic heterocycles. The zero-order chi connectivity index (χ0) is 11.9. The molecule has 1 nitrogen and oxygen atoms in total. The zero-order valence-electron chi connectivity index (χ0n) is 10.8. The van der Waals surface area contributed by atoms with Crippen LogP contribution in [0.1, 0.15) is 25.3 Å². The Labute approximate surface area is 101 Å². The highest BCUT2D eigenvalue weighted by Gasteiger charge is 2.20. The second kappa shape index (κ2) is 6.87. The van der Waals surface area contributed by atoms with E-state index >= 15 is 0 Å². The van der Waals surface area contributed by atoms with Gasteiger partial charge in [0.25, 0.3) is 0 Å². The first-order valence-corrected chi connectivity index (χ1v) is 9.43. The van der Waals surface area contributed by atoms with Gasteiger partial charge in [0.05, 0.1) is 0 Å². The summed E-state index contributed by atoms with van der Waals surface area (Å²) in [6.45, 7) is 7.78. The first-order chi connectivity index (χ1) is 7.64. The van der Waals surface area contributed by atoms with Gasteiger partial charge >= 0.3 is 0 Å². The van der Waals surface area contributed by atoms with Crippen LogP contribution in [0.3, 0.4) is 0 Å². The van der Waals surface area contributed by atoms with Gasteiger partial charge in [0.2, 0.25) is 0 Å². The highest BCUT2D eigenvalue weighted by atomic mass is 28.4. The van der Waals surface area contributed by atoms with E-state index in [1.165, 1.54) is 24.4 Å². The Balaban J connectivity index is 2.24. The molecule has 0 unspecified atom stereocenters. The van der Waals surface area contributed by atoms with Gasteiger partial charge in [-0.3, -0.25) is 0 Å². The van der Waals surface area contributed by atoms with E-state index in [1.54, 1.807) is 0 Å². The topological polar surface area (TPSA) is 9.23 Å². The summed E-state index contributed by atoms with van der Waals surface area (Å²) in [5, 5.41) is 0. The van der Waals surface area contributed by atoms with E-state index < -0.39 is 8.32 Å². The third-order valence-corrected chi connectivity index (χ3v) is 5.40. The van der Waals surface area contributed by atoms with Crippen LogP contribution in [-0.2, 0) is 10.8 Å². The summed E-state index contributed by atoms with van der Waals surface area (Å²) >= 11 is 0. The van der Waals surface area contributed by atoms with Crippen molar-refractivity contribution in [1.29, 1.82) is 0 Å². The van der Waals surface area contributed by atoms with E-state index in [0.717, 1.165) is 13.0 Å². The Bertz CT molecular complexity index is 282. The molecule has 0 amide bonds. The van der Waals surface area contributed by atoms with Crippen molar-refractivity contribution in [2.45, 2.75) is 45.3 Å². The average Bonchev–Trinajstić information content (AvgIpc) is 2.28. The molecule has 2 heteroatoms. The Morgan fingerprint density at radius 2 is 1.81 bits per heavy atom. The summed E-state index contributed by atoms with van der Waals surface area (Å²) < 4.78 is 6.07. The molecule has 0 heterocycles. The number of rotatable bonds is 7. The van der Waals surface area contributed by atoms with Gasteiger partial charge in [-0.05, 0) is 31.1 Å². The first kappa shape index (κ1) is 13.5. The number of benzene rings is 1. The SMILES string of the molecule is CCCC[Si](C)(C)OCCc1ccccc1. The molecule has 0 aliphatic heterocycles. The highest BCUT2D eigenvalue weighted by Crippen LogP contribution is 2.15. The van der Waals surface area contributed by atoms with Crippen molar-refractivity contribution in [3.63, 3.8) is 0 Å². The monoisotopic (exact) mass is 236 g/mol. The molecule has 0 fully saturated rings. The second-order valence-corrected chi connectivity index (χ2v) is 9.26. The molecule has 90 valence electrons. The van der Waals surface area contributed by atoms with E-state index in [9.17, 15) is 0 Å². The van der Waals surface area contributed by atoms with Crippen LogP contribution < -0.4 is 0 Å². The van der Waals surface area contributed by atoms with E-state index in [4.69, 9.17) is 4.43 Å². The molecule has 1 aromatic carbocycles. The summed E-state index contributed by atoms with van der Waals surface area (Å²) in [4.78, 5) is 0. The summed E-state index contributed by atoms with van der Waals surface area (Å²) in [6.07, 6.45) is 3.63. The van der Waals surface area contributed by atoms with Crippen LogP contribution in [-0.4, -0.2) is 14.9 Å². The first-order valence-electron chi connectivity index (χ1n) is 6.32. The van der Waals surface area contributed by atoms with Gasteiger partial charge in [-0.2, -0.15) is 0 Å². The lowest BCUT2D eigenvalue weighted by Gasteiger charge is -2.22. The van der Waals surface area contributed by atoms with Crippen LogP contribution in [0, 0.1) is 0 Å². The fourth-order valence-corrected chi connectivity index (χ4v) is 3.77. The lowest BCUT2D eigenvalue weighted by Crippen LogP contribution is -2.30. The molecule has 0 aliphatic rings. The van der Waals surface area contributed by atoms with Crippen molar-refractivity contribution in [1.82, 2.24) is 0 Å². The Morgan fingerprint density at radius 1 is 1.12 bits per heavy atom. The maximum absolute atomic E-state index is 6.07. The predicted molar refractivity (Wildman–Crippen MR) is 73.3 cm³/mol. The molecule has 0 bridgehead atoms. The molecule has 0 saturated carbocycles. The van der Waals surface area contributed by atoms with Crippen molar-refractivity contribution < 1.29 is 4.43 Å². The molecule has 1 aromatic rings. The second-order valence-electron chi connectivity index (χ2n) is 4.95. The minimum absolute atomic E-state index is 0.882. The van der Waals surface area contributed by atoms with Gasteiger partial charge < -0.3 is 4.43 Å². The maximum Gasteiger partial charge on any atom is 0.186 e. The third kappa shape index (κ3) is 5.47. The predicted octanol–water partition coefficient (Wildman–Crippen LogP) is 4.25. The molecule has 0 radical (unpaired) electrons. The summed E-state index contributed by atoms with van der Waals surface area (Å²) in [5.74, 6) is 0. The molecule has 0 atom stereocenters. The molecular weight excluding hydrogens is 212 g/mol. The summed E-state index contributed by atoms with van der Waals surface area (Å²) in [7, 11) is -1.38. The van der Waals surface area contributed by atoms with Crippen LogP contribution in [0.15, 0.2) is 30.3 Å². The Kier molecular flexibility index (Phi) is 5.78. The van der Waals surface area contributed by atoms with Crippen molar-refractivity contribution in [2.24, 2.45) is 0 Å². The van der Waals surface area contributed by atoms with Gasteiger partial charge in [-0.15, -0.1) is 0 Å². The van der Waals surface area contributed by atoms with Gasteiger partial charge in [-0.25, -0.2) is 0 Å². The fraction of sp³-hybridized carbons (Fsp3) is 0.571. The largest absolute Gasteiger partial charge is 0.417 e. The van der Waals surface area contributed by atoms with Crippen molar-refractivity contribution in [3.05, 3.63) is 35.9 Å². The average molecular weight is 236 g/mol. The van der Waals surface area contributed by atoms with Crippen LogP contribution in [0.2, 0.25) is 19.1 Å². The van der Waals surface area contributed by atoms with Crippen molar-refractivity contribution >= 4 is 8.32 Å². The summed E-state index contributed by atoms with van der Waals surface area (Å²) in [5.41, 5.74) is 1.38. The van der Waals surface area contributed by atoms with Gasteiger partial charge in [0.15, 0.2) is 8.32 Å². The Morgan fingerprint density at radius 3 is 2.44 bits per heavy atom. The molecule has 16 heavy (non-hydrogen) atoms. The minimum atomic E-state index is -1.38. The van der Waals surface area contributed by atoms with E-state index in [0.29, 0.717) is 0 Å². The van der Waals surface area contributed by atoms with E-state index in [2.05, 4.69) is 50.3 Å². The zero-order valence-corrected chi connectivity index (χ0v) is 11.8. The van der Waals surface area contributed by atoms with E-state index in [1.807, 2.05) is 0 Å². The molecule has 1 rings (SSSR count). The lowest BCUT2D eigenvalue weighted by atomic mass is 10.2. The van der Waals surface area contributed by atoms with Crippen molar-refractivity contribution in [3.8, 4) is 0 Å².